The van der Waals surface area contributed by atoms with Crippen LogP contribution in [0.1, 0.15) is 24.1 Å². The smallest absolute Gasteiger partial charge is 0.129 e. The molecule has 1 atom stereocenters. The van der Waals surface area contributed by atoms with E-state index in [1.807, 2.05) is 6.92 Å². The molecule has 112 valence electrons. The molecule has 2 aromatic rings. The molecule has 0 amide bonds. The van der Waals surface area contributed by atoms with E-state index >= 15 is 0 Å². The van der Waals surface area contributed by atoms with Crippen LogP contribution >= 0.6 is 23.2 Å². The van der Waals surface area contributed by atoms with Crippen molar-refractivity contribution in [1.82, 2.24) is 5.32 Å². The summed E-state index contributed by atoms with van der Waals surface area (Å²) in [4.78, 5) is 0. The molecule has 0 saturated carbocycles. The third-order valence-corrected chi connectivity index (χ3v) is 3.93. The van der Waals surface area contributed by atoms with Crippen LogP contribution in [0.3, 0.4) is 0 Å². The first-order valence-electron chi connectivity index (χ1n) is 6.64. The summed E-state index contributed by atoms with van der Waals surface area (Å²) in [5, 5.41) is 3.96. The molecule has 1 N–H and O–H groups in total. The van der Waals surface area contributed by atoms with Crippen molar-refractivity contribution in [2.45, 2.75) is 19.4 Å². The standard InChI is InChI=1S/C16H15Cl2F2N/c1-2-21-15(16-13(18)4-3-5-14(16)20)9-10-8-11(19)6-7-12(10)17/h3-8,15,21H,2,9H2,1H3. The Labute approximate surface area is 132 Å². The third kappa shape index (κ3) is 3.94. The molecule has 0 fully saturated rings. The summed E-state index contributed by atoms with van der Waals surface area (Å²) in [6.45, 7) is 2.54. The Morgan fingerprint density at radius 3 is 2.52 bits per heavy atom. The number of hydrogen-bond donors (Lipinski definition) is 1. The molecule has 0 aliphatic heterocycles. The molecular weight excluding hydrogens is 315 g/mol. The molecular formula is C16H15Cl2F2N. The molecule has 0 bridgehead atoms. The van der Waals surface area contributed by atoms with E-state index in [0.29, 0.717) is 34.1 Å². The van der Waals surface area contributed by atoms with Gasteiger partial charge in [0, 0.05) is 21.7 Å². The number of likely N-dealkylation sites (N-methyl/N-ethyl adjacent to an activating group) is 1. The fourth-order valence-electron chi connectivity index (χ4n) is 2.29. The van der Waals surface area contributed by atoms with Crippen LogP contribution in [0.4, 0.5) is 8.78 Å². The fraction of sp³-hybridized carbons (Fsp3) is 0.250. The third-order valence-electron chi connectivity index (χ3n) is 3.23. The van der Waals surface area contributed by atoms with Gasteiger partial charge in [0.2, 0.25) is 0 Å². The molecule has 1 nitrogen and oxygen atoms in total. The SMILES string of the molecule is CCNC(Cc1cc(F)ccc1Cl)c1c(F)cccc1Cl. The zero-order valence-electron chi connectivity index (χ0n) is 11.5. The van der Waals surface area contributed by atoms with E-state index in [2.05, 4.69) is 5.32 Å². The first kappa shape index (κ1) is 16.2. The van der Waals surface area contributed by atoms with Gasteiger partial charge in [-0.1, -0.05) is 36.2 Å². The number of hydrogen-bond acceptors (Lipinski definition) is 1. The van der Waals surface area contributed by atoms with Gasteiger partial charge in [-0.25, -0.2) is 8.78 Å². The van der Waals surface area contributed by atoms with E-state index < -0.39 is 0 Å². The molecule has 0 aliphatic carbocycles. The highest BCUT2D eigenvalue weighted by Gasteiger charge is 2.20. The van der Waals surface area contributed by atoms with Crippen LogP contribution in [0.15, 0.2) is 36.4 Å². The lowest BCUT2D eigenvalue weighted by atomic mass is 9.98. The Hall–Kier alpha value is -1.16. The summed E-state index contributed by atoms with van der Waals surface area (Å²) < 4.78 is 27.4. The van der Waals surface area contributed by atoms with E-state index in [9.17, 15) is 8.78 Å². The maximum absolute atomic E-state index is 14.1. The molecule has 0 aromatic heterocycles. The van der Waals surface area contributed by atoms with E-state index in [0.717, 1.165) is 0 Å². The second kappa shape index (κ2) is 7.21. The molecule has 0 heterocycles. The van der Waals surface area contributed by atoms with Gasteiger partial charge in [-0.05, 0) is 48.9 Å². The summed E-state index contributed by atoms with van der Waals surface area (Å²) in [6, 6.07) is 8.34. The van der Waals surface area contributed by atoms with Crippen molar-refractivity contribution in [2.24, 2.45) is 0 Å². The molecule has 0 spiro atoms. The average molecular weight is 330 g/mol. The first-order valence-corrected chi connectivity index (χ1v) is 7.39. The van der Waals surface area contributed by atoms with Gasteiger partial charge in [0.05, 0.1) is 0 Å². The van der Waals surface area contributed by atoms with Crippen molar-refractivity contribution in [3.05, 3.63) is 69.2 Å². The molecule has 0 saturated heterocycles. The van der Waals surface area contributed by atoms with Crippen LogP contribution in [0.5, 0.6) is 0 Å². The molecule has 0 radical (unpaired) electrons. The summed E-state index contributed by atoms with van der Waals surface area (Å²) in [6.07, 6.45) is 0.352. The van der Waals surface area contributed by atoms with E-state index in [-0.39, 0.29) is 17.7 Å². The fourth-order valence-corrected chi connectivity index (χ4v) is 2.78. The highest BCUT2D eigenvalue weighted by molar-refractivity contribution is 6.31. The maximum Gasteiger partial charge on any atom is 0.129 e. The maximum atomic E-state index is 14.1. The Bertz CT molecular complexity index is 611. The number of nitrogens with one attached hydrogen (secondary N) is 1. The van der Waals surface area contributed by atoms with Gasteiger partial charge >= 0.3 is 0 Å². The highest BCUT2D eigenvalue weighted by atomic mass is 35.5. The quantitative estimate of drug-likeness (QED) is 0.798. The first-order chi connectivity index (χ1) is 10.0. The average Bonchev–Trinajstić information content (AvgIpc) is 2.43. The predicted molar refractivity (Wildman–Crippen MR) is 82.9 cm³/mol. The van der Waals surface area contributed by atoms with E-state index in [1.54, 1.807) is 12.1 Å². The van der Waals surface area contributed by atoms with E-state index in [4.69, 9.17) is 23.2 Å². The molecule has 0 aliphatic rings. The highest BCUT2D eigenvalue weighted by Crippen LogP contribution is 2.30. The normalized spacial score (nSPS) is 12.4. The summed E-state index contributed by atoms with van der Waals surface area (Å²) >= 11 is 12.2. The van der Waals surface area contributed by atoms with Crippen LogP contribution in [0, 0.1) is 11.6 Å². The number of benzene rings is 2. The summed E-state index contributed by atoms with van der Waals surface area (Å²) in [7, 11) is 0. The van der Waals surface area contributed by atoms with Gasteiger partial charge in [-0.3, -0.25) is 0 Å². The monoisotopic (exact) mass is 329 g/mol. The Kier molecular flexibility index (Phi) is 5.57. The summed E-state index contributed by atoms with van der Waals surface area (Å²) in [5.41, 5.74) is 0.989. The minimum atomic E-state index is -0.388. The molecule has 2 aromatic carbocycles. The van der Waals surface area contributed by atoms with Gasteiger partial charge < -0.3 is 5.32 Å². The van der Waals surface area contributed by atoms with Crippen LogP contribution in [-0.2, 0) is 6.42 Å². The lowest BCUT2D eigenvalue weighted by molar-refractivity contribution is 0.509. The van der Waals surface area contributed by atoms with Crippen LogP contribution < -0.4 is 5.32 Å². The molecule has 2 rings (SSSR count). The van der Waals surface area contributed by atoms with Crippen molar-refractivity contribution in [2.75, 3.05) is 6.54 Å². The lowest BCUT2D eigenvalue weighted by Crippen LogP contribution is -2.24. The zero-order valence-corrected chi connectivity index (χ0v) is 13.0. The van der Waals surface area contributed by atoms with Crippen molar-refractivity contribution in [3.63, 3.8) is 0 Å². The van der Waals surface area contributed by atoms with Gasteiger partial charge in [0.1, 0.15) is 11.6 Å². The van der Waals surface area contributed by atoms with E-state index in [1.165, 1.54) is 24.3 Å². The number of rotatable bonds is 5. The van der Waals surface area contributed by atoms with Gasteiger partial charge in [-0.2, -0.15) is 0 Å². The number of halogens is 4. The van der Waals surface area contributed by atoms with Crippen molar-refractivity contribution >= 4 is 23.2 Å². The summed E-state index contributed by atoms with van der Waals surface area (Å²) in [5.74, 6) is -0.759. The van der Waals surface area contributed by atoms with Crippen LogP contribution in [0.25, 0.3) is 0 Å². The van der Waals surface area contributed by atoms with Crippen molar-refractivity contribution in [3.8, 4) is 0 Å². The second-order valence-electron chi connectivity index (χ2n) is 4.69. The minimum absolute atomic E-state index is 0.341. The van der Waals surface area contributed by atoms with Gasteiger partial charge in [0.25, 0.3) is 0 Å². The predicted octanol–water partition coefficient (Wildman–Crippen LogP) is 5.16. The van der Waals surface area contributed by atoms with Crippen molar-refractivity contribution < 1.29 is 8.78 Å². The Morgan fingerprint density at radius 1 is 1.10 bits per heavy atom. The zero-order chi connectivity index (χ0) is 15.4. The van der Waals surface area contributed by atoms with Crippen LogP contribution in [-0.4, -0.2) is 6.54 Å². The largest absolute Gasteiger partial charge is 0.310 e. The van der Waals surface area contributed by atoms with Crippen LogP contribution in [0.2, 0.25) is 10.0 Å². The van der Waals surface area contributed by atoms with Gasteiger partial charge in [-0.15, -0.1) is 0 Å². The second-order valence-corrected chi connectivity index (χ2v) is 5.50. The minimum Gasteiger partial charge on any atom is -0.310 e. The Balaban J connectivity index is 2.38. The molecule has 1 unspecified atom stereocenters. The Morgan fingerprint density at radius 2 is 1.86 bits per heavy atom. The molecule has 5 heteroatoms. The topological polar surface area (TPSA) is 12.0 Å². The van der Waals surface area contributed by atoms with Gasteiger partial charge in [0.15, 0.2) is 0 Å². The molecule has 21 heavy (non-hydrogen) atoms. The van der Waals surface area contributed by atoms with Crippen molar-refractivity contribution in [1.29, 1.82) is 0 Å². The lowest BCUT2D eigenvalue weighted by Gasteiger charge is -2.21.